The molecule has 1 heterocycles. The second-order valence-electron chi connectivity index (χ2n) is 7.43. The van der Waals surface area contributed by atoms with Crippen LogP contribution in [0.2, 0.25) is 0 Å². The molecule has 2 unspecified atom stereocenters. The summed E-state index contributed by atoms with van der Waals surface area (Å²) in [5, 5.41) is 6.85. The number of hydrogen-bond donors (Lipinski definition) is 1. The van der Waals surface area contributed by atoms with E-state index in [9.17, 15) is 4.79 Å². The van der Waals surface area contributed by atoms with Crippen LogP contribution in [0.3, 0.4) is 0 Å². The van der Waals surface area contributed by atoms with Gasteiger partial charge in [0.15, 0.2) is 0 Å². The molecule has 2 atom stereocenters. The average Bonchev–Trinajstić information content (AvgIpc) is 2.92. The summed E-state index contributed by atoms with van der Waals surface area (Å²) >= 11 is 0. The third kappa shape index (κ3) is 4.94. The summed E-state index contributed by atoms with van der Waals surface area (Å²) in [6.45, 7) is 6.56. The van der Waals surface area contributed by atoms with Gasteiger partial charge in [-0.25, -0.2) is 0 Å². The van der Waals surface area contributed by atoms with Gasteiger partial charge in [0.1, 0.15) is 5.76 Å². The molecule has 2 aromatic rings. The van der Waals surface area contributed by atoms with E-state index >= 15 is 0 Å². The molecule has 0 spiro atoms. The summed E-state index contributed by atoms with van der Waals surface area (Å²) in [7, 11) is 0. The Morgan fingerprint density at radius 1 is 1.35 bits per heavy atom. The van der Waals surface area contributed by atoms with Gasteiger partial charge < -0.3 is 14.6 Å². The maximum Gasteiger partial charge on any atom is 0.228 e. The Labute approximate surface area is 155 Å². The number of aromatic nitrogens is 1. The lowest BCUT2D eigenvalue weighted by atomic mass is 9.89. The van der Waals surface area contributed by atoms with Crippen molar-refractivity contribution in [3.05, 3.63) is 46.8 Å². The fourth-order valence-corrected chi connectivity index (χ4v) is 3.60. The molecule has 1 saturated carbocycles. The van der Waals surface area contributed by atoms with Gasteiger partial charge in [-0.15, -0.1) is 0 Å². The molecule has 1 aromatic heterocycles. The highest BCUT2D eigenvalue weighted by atomic mass is 16.5. The first-order valence-corrected chi connectivity index (χ1v) is 9.43. The molecule has 0 bridgehead atoms. The number of aryl methyl sites for hydroxylation is 2. The van der Waals surface area contributed by atoms with Crippen molar-refractivity contribution >= 4 is 11.6 Å². The number of carbonyl (C=O) groups excluding carboxylic acids is 1. The molecule has 3 rings (SSSR count). The highest BCUT2D eigenvalue weighted by Crippen LogP contribution is 2.26. The monoisotopic (exact) mass is 356 g/mol. The van der Waals surface area contributed by atoms with E-state index < -0.39 is 0 Å². The molecule has 1 aliphatic rings. The van der Waals surface area contributed by atoms with Crippen molar-refractivity contribution in [2.45, 2.75) is 65.6 Å². The van der Waals surface area contributed by atoms with Crippen LogP contribution in [-0.2, 0) is 22.6 Å². The fraction of sp³-hybridized carbons (Fsp3) is 0.524. The smallest absolute Gasteiger partial charge is 0.228 e. The first-order chi connectivity index (χ1) is 12.5. The normalized spacial score (nSPS) is 20.1. The number of benzene rings is 1. The van der Waals surface area contributed by atoms with Gasteiger partial charge in [-0.3, -0.25) is 4.79 Å². The first-order valence-electron chi connectivity index (χ1n) is 9.43. The molecule has 1 amide bonds. The molecule has 1 aliphatic carbocycles. The largest absolute Gasteiger partial charge is 0.374 e. The zero-order valence-corrected chi connectivity index (χ0v) is 15.9. The quantitative estimate of drug-likeness (QED) is 0.823. The molecule has 1 aromatic carbocycles. The first kappa shape index (κ1) is 18.6. The van der Waals surface area contributed by atoms with Gasteiger partial charge in [-0.1, -0.05) is 37.1 Å². The van der Waals surface area contributed by atoms with E-state index in [0.717, 1.165) is 41.3 Å². The van der Waals surface area contributed by atoms with Gasteiger partial charge in [0, 0.05) is 11.3 Å². The molecule has 5 nitrogen and oxygen atoms in total. The molecule has 5 heteroatoms. The van der Waals surface area contributed by atoms with Crippen molar-refractivity contribution in [2.24, 2.45) is 5.92 Å². The number of nitrogens with zero attached hydrogens (tertiary/aromatic N) is 1. The number of carbonyl (C=O) groups is 1. The molecule has 26 heavy (non-hydrogen) atoms. The standard InChI is InChI=1S/C21H28N2O3/c1-14-6-4-9-19(10-14)25-13-17-7-5-8-18(11-17)22-21(24)12-20-15(2)23-26-16(20)3/h5,7-8,11,14,19H,4,6,9-10,12-13H2,1-3H3,(H,22,24). The Balaban J connectivity index is 1.54. The Bertz CT molecular complexity index is 734. The topological polar surface area (TPSA) is 64.4 Å². The van der Waals surface area contributed by atoms with E-state index in [1.807, 2.05) is 38.1 Å². The summed E-state index contributed by atoms with van der Waals surface area (Å²) in [5.74, 6) is 1.38. The van der Waals surface area contributed by atoms with Crippen molar-refractivity contribution in [3.8, 4) is 0 Å². The number of rotatable bonds is 6. The average molecular weight is 356 g/mol. The SMILES string of the molecule is Cc1noc(C)c1CC(=O)Nc1cccc(COC2CCCC(C)C2)c1. The summed E-state index contributed by atoms with van der Waals surface area (Å²) in [6, 6.07) is 7.87. The minimum atomic E-state index is -0.0708. The third-order valence-electron chi connectivity index (χ3n) is 5.10. The second-order valence-corrected chi connectivity index (χ2v) is 7.43. The van der Waals surface area contributed by atoms with Gasteiger partial charge >= 0.3 is 0 Å². The molecule has 0 radical (unpaired) electrons. The Morgan fingerprint density at radius 3 is 2.92 bits per heavy atom. The van der Waals surface area contributed by atoms with E-state index in [-0.39, 0.29) is 12.3 Å². The van der Waals surface area contributed by atoms with E-state index in [0.29, 0.717) is 18.5 Å². The number of hydrogen-bond acceptors (Lipinski definition) is 4. The van der Waals surface area contributed by atoms with Crippen molar-refractivity contribution in [3.63, 3.8) is 0 Å². The zero-order chi connectivity index (χ0) is 18.5. The summed E-state index contributed by atoms with van der Waals surface area (Å²) < 4.78 is 11.2. The fourth-order valence-electron chi connectivity index (χ4n) is 3.60. The molecule has 1 fully saturated rings. The number of anilines is 1. The molecule has 0 saturated heterocycles. The van der Waals surface area contributed by atoms with Gasteiger partial charge in [0.2, 0.25) is 5.91 Å². The van der Waals surface area contributed by atoms with Crippen LogP contribution < -0.4 is 5.32 Å². The summed E-state index contributed by atoms with van der Waals surface area (Å²) in [5.41, 5.74) is 3.49. The Hall–Kier alpha value is -2.14. The third-order valence-corrected chi connectivity index (χ3v) is 5.10. The molecular formula is C21H28N2O3. The van der Waals surface area contributed by atoms with Crippen molar-refractivity contribution in [1.29, 1.82) is 0 Å². The van der Waals surface area contributed by atoms with Crippen molar-refractivity contribution < 1.29 is 14.1 Å². The maximum atomic E-state index is 12.3. The molecular weight excluding hydrogens is 328 g/mol. The van der Waals surface area contributed by atoms with Crippen LogP contribution in [0.4, 0.5) is 5.69 Å². The van der Waals surface area contributed by atoms with Crippen LogP contribution in [0.25, 0.3) is 0 Å². The van der Waals surface area contributed by atoms with Gasteiger partial charge in [0.25, 0.3) is 0 Å². The summed E-state index contributed by atoms with van der Waals surface area (Å²) in [6.07, 6.45) is 5.49. The van der Waals surface area contributed by atoms with Gasteiger partial charge in [0.05, 0.1) is 24.8 Å². The van der Waals surface area contributed by atoms with E-state index in [4.69, 9.17) is 9.26 Å². The number of nitrogens with one attached hydrogen (secondary N) is 1. The highest BCUT2D eigenvalue weighted by Gasteiger charge is 2.19. The zero-order valence-electron chi connectivity index (χ0n) is 15.9. The number of ether oxygens (including phenoxy) is 1. The van der Waals surface area contributed by atoms with Crippen LogP contribution in [0.15, 0.2) is 28.8 Å². The molecule has 1 N–H and O–H groups in total. The molecule has 140 valence electrons. The Kier molecular flexibility index (Phi) is 6.09. The second kappa shape index (κ2) is 8.49. The molecule has 0 aliphatic heterocycles. The van der Waals surface area contributed by atoms with Crippen LogP contribution in [0.1, 0.15) is 55.2 Å². The van der Waals surface area contributed by atoms with Crippen LogP contribution in [0.5, 0.6) is 0 Å². The lowest BCUT2D eigenvalue weighted by Gasteiger charge is -2.26. The lowest BCUT2D eigenvalue weighted by Crippen LogP contribution is -2.21. The Morgan fingerprint density at radius 2 is 2.19 bits per heavy atom. The highest BCUT2D eigenvalue weighted by molar-refractivity contribution is 5.92. The van der Waals surface area contributed by atoms with Crippen molar-refractivity contribution in [2.75, 3.05) is 5.32 Å². The van der Waals surface area contributed by atoms with Gasteiger partial charge in [-0.05, 0) is 50.3 Å². The number of amides is 1. The van der Waals surface area contributed by atoms with Gasteiger partial charge in [-0.2, -0.15) is 0 Å². The summed E-state index contributed by atoms with van der Waals surface area (Å²) in [4.78, 5) is 12.3. The maximum absolute atomic E-state index is 12.3. The van der Waals surface area contributed by atoms with Crippen LogP contribution in [-0.4, -0.2) is 17.2 Å². The minimum Gasteiger partial charge on any atom is -0.374 e. The predicted molar refractivity (Wildman–Crippen MR) is 101 cm³/mol. The lowest BCUT2D eigenvalue weighted by molar-refractivity contribution is -0.115. The van der Waals surface area contributed by atoms with E-state index in [1.165, 1.54) is 12.8 Å². The van der Waals surface area contributed by atoms with Crippen LogP contribution >= 0.6 is 0 Å². The van der Waals surface area contributed by atoms with E-state index in [2.05, 4.69) is 17.4 Å². The minimum absolute atomic E-state index is 0.0708. The van der Waals surface area contributed by atoms with E-state index in [1.54, 1.807) is 0 Å². The van der Waals surface area contributed by atoms with Crippen LogP contribution in [0, 0.1) is 19.8 Å². The predicted octanol–water partition coefficient (Wildman–Crippen LogP) is 4.57. The van der Waals surface area contributed by atoms with Crippen molar-refractivity contribution in [1.82, 2.24) is 5.16 Å².